The van der Waals surface area contributed by atoms with E-state index in [-0.39, 0.29) is 11.4 Å². The summed E-state index contributed by atoms with van der Waals surface area (Å²) in [6, 6.07) is 0. The molecule has 2 fully saturated rings. The Morgan fingerprint density at radius 2 is 1.81 bits per heavy atom. The molecule has 0 aromatic carbocycles. The van der Waals surface area contributed by atoms with Gasteiger partial charge in [-0.05, 0) is 12.8 Å². The van der Waals surface area contributed by atoms with Crippen LogP contribution >= 0.6 is 22.9 Å². The molecule has 1 heterocycles. The monoisotopic (exact) mass is 338 g/mol. The van der Waals surface area contributed by atoms with Gasteiger partial charge in [-0.2, -0.15) is 0 Å². The molecule has 1 saturated heterocycles. The van der Waals surface area contributed by atoms with Crippen LogP contribution in [0.15, 0.2) is 0 Å². The van der Waals surface area contributed by atoms with E-state index in [0.717, 1.165) is 38.8 Å². The van der Waals surface area contributed by atoms with E-state index in [1.165, 1.54) is 6.42 Å². The number of carbonyl (C=O) groups is 1. The Hall–Kier alpha value is 0.120. The molecule has 16 heavy (non-hydrogen) atoms. The van der Waals surface area contributed by atoms with Crippen molar-refractivity contribution in [2.75, 3.05) is 26.3 Å². The predicted octanol–water partition coefficient (Wildman–Crippen LogP) is 1.49. The smallest absolute Gasteiger partial charge is 0.243 e. The Bertz CT molecular complexity index is 248. The first-order chi connectivity index (χ1) is 7.78. The fourth-order valence-electron chi connectivity index (χ4n) is 2.57. The van der Waals surface area contributed by atoms with Gasteiger partial charge in [-0.25, -0.2) is 3.53 Å². The van der Waals surface area contributed by atoms with E-state index in [1.807, 2.05) is 4.90 Å². The number of amides is 1. The molecular formula is C11H19IN2O2. The predicted molar refractivity (Wildman–Crippen MR) is 70.4 cm³/mol. The van der Waals surface area contributed by atoms with Gasteiger partial charge in [-0.1, -0.05) is 19.3 Å². The van der Waals surface area contributed by atoms with Crippen LogP contribution in [-0.4, -0.2) is 42.6 Å². The average molecular weight is 338 g/mol. The standard InChI is InChI=1S/C11H19IN2O2/c12-13-11(4-2-1-3-5-11)10(15)14-6-8-16-9-7-14/h13H,1-9H2. The van der Waals surface area contributed by atoms with Crippen molar-refractivity contribution < 1.29 is 9.53 Å². The Morgan fingerprint density at radius 1 is 1.19 bits per heavy atom. The van der Waals surface area contributed by atoms with Gasteiger partial charge >= 0.3 is 0 Å². The van der Waals surface area contributed by atoms with Crippen LogP contribution in [-0.2, 0) is 9.53 Å². The highest BCUT2D eigenvalue weighted by molar-refractivity contribution is 14.1. The molecule has 2 rings (SSSR count). The molecule has 0 bridgehead atoms. The van der Waals surface area contributed by atoms with Crippen LogP contribution in [0.4, 0.5) is 0 Å². The number of hydrogen-bond donors (Lipinski definition) is 1. The molecule has 1 aliphatic carbocycles. The second kappa shape index (κ2) is 5.64. The minimum absolute atomic E-state index is 0.282. The Morgan fingerprint density at radius 3 is 2.38 bits per heavy atom. The third-order valence-electron chi connectivity index (χ3n) is 3.60. The highest BCUT2D eigenvalue weighted by atomic mass is 127. The van der Waals surface area contributed by atoms with E-state index in [2.05, 4.69) is 26.4 Å². The number of nitrogens with zero attached hydrogens (tertiary/aromatic N) is 1. The maximum atomic E-state index is 12.5. The summed E-state index contributed by atoms with van der Waals surface area (Å²) in [4.78, 5) is 14.5. The van der Waals surface area contributed by atoms with Crippen molar-refractivity contribution in [3.63, 3.8) is 0 Å². The number of hydrogen-bond acceptors (Lipinski definition) is 3. The number of carbonyl (C=O) groups excluding carboxylic acids is 1. The largest absolute Gasteiger partial charge is 0.378 e. The lowest BCUT2D eigenvalue weighted by atomic mass is 9.81. The van der Waals surface area contributed by atoms with Crippen LogP contribution in [0.1, 0.15) is 32.1 Å². The lowest BCUT2D eigenvalue weighted by Gasteiger charge is -2.40. The summed E-state index contributed by atoms with van der Waals surface area (Å²) in [5, 5.41) is 0. The number of halogens is 1. The van der Waals surface area contributed by atoms with Gasteiger partial charge in [0.25, 0.3) is 0 Å². The topological polar surface area (TPSA) is 41.6 Å². The number of morpholine rings is 1. The van der Waals surface area contributed by atoms with Gasteiger partial charge in [-0.3, -0.25) is 4.79 Å². The molecule has 1 N–H and O–H groups in total. The van der Waals surface area contributed by atoms with E-state index < -0.39 is 0 Å². The van der Waals surface area contributed by atoms with Gasteiger partial charge in [0.1, 0.15) is 5.54 Å². The summed E-state index contributed by atoms with van der Waals surface area (Å²) in [5.74, 6) is 0.282. The van der Waals surface area contributed by atoms with Crippen molar-refractivity contribution in [2.24, 2.45) is 0 Å². The highest BCUT2D eigenvalue weighted by Gasteiger charge is 2.41. The first-order valence-electron chi connectivity index (χ1n) is 6.03. The zero-order chi connectivity index (χ0) is 11.4. The van der Waals surface area contributed by atoms with Gasteiger partial charge in [0, 0.05) is 36.0 Å². The molecule has 0 atom stereocenters. The van der Waals surface area contributed by atoms with Crippen LogP contribution in [0.5, 0.6) is 0 Å². The second-order valence-electron chi connectivity index (χ2n) is 4.64. The molecule has 4 nitrogen and oxygen atoms in total. The Kier molecular flexibility index (Phi) is 4.43. The van der Waals surface area contributed by atoms with Crippen molar-refractivity contribution in [2.45, 2.75) is 37.6 Å². The van der Waals surface area contributed by atoms with Crippen molar-refractivity contribution in [1.82, 2.24) is 8.43 Å². The van der Waals surface area contributed by atoms with Crippen molar-refractivity contribution in [1.29, 1.82) is 0 Å². The number of rotatable bonds is 2. The molecule has 0 aromatic rings. The first kappa shape index (κ1) is 12.6. The molecule has 2 aliphatic rings. The summed E-state index contributed by atoms with van der Waals surface area (Å²) in [6.07, 6.45) is 5.53. The molecule has 0 unspecified atom stereocenters. The van der Waals surface area contributed by atoms with E-state index in [9.17, 15) is 4.79 Å². The van der Waals surface area contributed by atoms with E-state index in [0.29, 0.717) is 13.2 Å². The van der Waals surface area contributed by atoms with E-state index in [4.69, 9.17) is 4.74 Å². The van der Waals surface area contributed by atoms with Crippen LogP contribution in [0.2, 0.25) is 0 Å². The van der Waals surface area contributed by atoms with E-state index in [1.54, 1.807) is 0 Å². The van der Waals surface area contributed by atoms with Crippen molar-refractivity contribution in [3.05, 3.63) is 0 Å². The molecule has 0 radical (unpaired) electrons. The zero-order valence-electron chi connectivity index (χ0n) is 9.51. The number of ether oxygens (including phenoxy) is 1. The van der Waals surface area contributed by atoms with Crippen LogP contribution in [0.25, 0.3) is 0 Å². The van der Waals surface area contributed by atoms with Crippen molar-refractivity contribution in [3.8, 4) is 0 Å². The van der Waals surface area contributed by atoms with Crippen LogP contribution in [0.3, 0.4) is 0 Å². The highest BCUT2D eigenvalue weighted by Crippen LogP contribution is 2.31. The second-order valence-corrected chi connectivity index (χ2v) is 5.18. The summed E-state index contributed by atoms with van der Waals surface area (Å²) in [6.45, 7) is 2.87. The normalized spacial score (nSPS) is 25.4. The Balaban J connectivity index is 2.04. The summed E-state index contributed by atoms with van der Waals surface area (Å²) >= 11 is 2.14. The fourth-order valence-corrected chi connectivity index (χ4v) is 3.34. The lowest BCUT2D eigenvalue weighted by Crippen LogP contribution is -2.58. The first-order valence-corrected chi connectivity index (χ1v) is 7.11. The summed E-state index contributed by atoms with van der Waals surface area (Å²) < 4.78 is 8.54. The van der Waals surface area contributed by atoms with Gasteiger partial charge < -0.3 is 9.64 Å². The molecule has 1 amide bonds. The molecule has 0 spiro atoms. The molecule has 0 aromatic heterocycles. The van der Waals surface area contributed by atoms with Gasteiger partial charge in [0.05, 0.1) is 13.2 Å². The molecule has 5 heteroatoms. The maximum absolute atomic E-state index is 12.5. The lowest BCUT2D eigenvalue weighted by molar-refractivity contribution is -0.142. The minimum atomic E-state index is -0.295. The SMILES string of the molecule is O=C(N1CCOCC1)C1(NI)CCCCC1. The summed E-state index contributed by atoms with van der Waals surface area (Å²) in [7, 11) is 0. The van der Waals surface area contributed by atoms with Gasteiger partial charge in [0.2, 0.25) is 5.91 Å². The van der Waals surface area contributed by atoms with Crippen LogP contribution < -0.4 is 3.53 Å². The van der Waals surface area contributed by atoms with Gasteiger partial charge in [-0.15, -0.1) is 0 Å². The number of nitrogens with one attached hydrogen (secondary N) is 1. The molecule has 92 valence electrons. The fraction of sp³-hybridized carbons (Fsp3) is 0.909. The Labute approximate surface area is 111 Å². The zero-order valence-corrected chi connectivity index (χ0v) is 11.7. The molecule has 1 saturated carbocycles. The van der Waals surface area contributed by atoms with Gasteiger partial charge in [0.15, 0.2) is 0 Å². The molecular weight excluding hydrogens is 319 g/mol. The molecule has 1 aliphatic heterocycles. The van der Waals surface area contributed by atoms with E-state index >= 15 is 0 Å². The third-order valence-corrected chi connectivity index (χ3v) is 4.63. The maximum Gasteiger partial charge on any atom is 0.243 e. The average Bonchev–Trinajstić information content (AvgIpc) is 2.39. The quantitative estimate of drug-likeness (QED) is 0.613. The third kappa shape index (κ3) is 2.51. The minimum Gasteiger partial charge on any atom is -0.378 e. The van der Waals surface area contributed by atoms with Crippen molar-refractivity contribution >= 4 is 28.8 Å². The summed E-state index contributed by atoms with van der Waals surface area (Å²) in [5.41, 5.74) is -0.295. The van der Waals surface area contributed by atoms with Crippen LogP contribution in [0, 0.1) is 0 Å².